The highest BCUT2D eigenvalue weighted by Gasteiger charge is 2.21. The molecule has 0 aliphatic heterocycles. The number of aryl methyl sites for hydroxylation is 1. The molecule has 8 heteroatoms. The van der Waals surface area contributed by atoms with Crippen molar-refractivity contribution in [1.82, 2.24) is 14.9 Å². The average molecular weight is 389 g/mol. The summed E-state index contributed by atoms with van der Waals surface area (Å²) in [4.78, 5) is 16.8. The Morgan fingerprint density at radius 1 is 1.14 bits per heavy atom. The van der Waals surface area contributed by atoms with E-state index in [2.05, 4.69) is 15.0 Å². The molecule has 0 aliphatic carbocycles. The lowest BCUT2D eigenvalue weighted by molar-refractivity contribution is -0.121. The minimum Gasteiger partial charge on any atom is -0.435 e. The van der Waals surface area contributed by atoms with Gasteiger partial charge in [0.1, 0.15) is 23.4 Å². The Morgan fingerprint density at radius 2 is 1.82 bits per heavy atom. The second-order valence-corrected chi connectivity index (χ2v) is 6.15. The molecule has 0 radical (unpaired) electrons. The number of halogens is 3. The third-order valence-corrected chi connectivity index (χ3v) is 4.14. The Balaban J connectivity index is 1.74. The first-order chi connectivity index (χ1) is 13.4. The number of imidazole rings is 1. The number of carbonyl (C=O) groups is 1. The molecular weight excluding hydrogens is 371 g/mol. The highest BCUT2D eigenvalue weighted by molar-refractivity contribution is 5.79. The Kier molecular flexibility index (Phi) is 5.98. The Morgan fingerprint density at radius 3 is 2.39 bits per heavy atom. The second kappa shape index (κ2) is 8.60. The van der Waals surface area contributed by atoms with Crippen LogP contribution in [0.1, 0.15) is 23.0 Å². The fraction of sp³-hybridized carbons (Fsp3) is 0.200. The zero-order valence-corrected chi connectivity index (χ0v) is 15.0. The van der Waals surface area contributed by atoms with E-state index in [9.17, 15) is 18.0 Å². The van der Waals surface area contributed by atoms with Crippen molar-refractivity contribution in [3.63, 3.8) is 0 Å². The minimum atomic E-state index is -2.90. The lowest BCUT2D eigenvalue weighted by atomic mass is 10.0. The number of aromatic nitrogens is 2. The van der Waals surface area contributed by atoms with Crippen LogP contribution in [0, 0.1) is 5.82 Å². The van der Waals surface area contributed by atoms with Gasteiger partial charge in [0.15, 0.2) is 0 Å². The third kappa shape index (κ3) is 4.91. The summed E-state index contributed by atoms with van der Waals surface area (Å²) in [5.41, 5.74) is 1.32. The number of alkyl halides is 2. The third-order valence-electron chi connectivity index (χ3n) is 4.14. The van der Waals surface area contributed by atoms with Crippen LogP contribution in [0.5, 0.6) is 5.75 Å². The lowest BCUT2D eigenvalue weighted by Gasteiger charge is -2.19. The first-order valence-electron chi connectivity index (χ1n) is 8.48. The molecule has 0 aliphatic rings. The van der Waals surface area contributed by atoms with Gasteiger partial charge in [0.05, 0.1) is 6.42 Å². The summed E-state index contributed by atoms with van der Waals surface area (Å²) in [6.07, 6.45) is 3.40. The van der Waals surface area contributed by atoms with E-state index in [1.807, 2.05) is 0 Å². The predicted octanol–water partition coefficient (Wildman–Crippen LogP) is 3.61. The van der Waals surface area contributed by atoms with Crippen LogP contribution in [-0.4, -0.2) is 22.1 Å². The fourth-order valence-electron chi connectivity index (χ4n) is 2.79. The summed E-state index contributed by atoms with van der Waals surface area (Å²) < 4.78 is 43.8. The maximum absolute atomic E-state index is 13.3. The zero-order chi connectivity index (χ0) is 20.1. The summed E-state index contributed by atoms with van der Waals surface area (Å²) in [6.45, 7) is -2.90. The van der Waals surface area contributed by atoms with E-state index in [0.717, 1.165) is 0 Å². The van der Waals surface area contributed by atoms with Crippen molar-refractivity contribution in [1.29, 1.82) is 0 Å². The quantitative estimate of drug-likeness (QED) is 0.672. The van der Waals surface area contributed by atoms with Gasteiger partial charge in [0.2, 0.25) is 5.91 Å². The van der Waals surface area contributed by atoms with Gasteiger partial charge in [-0.25, -0.2) is 9.37 Å². The van der Waals surface area contributed by atoms with E-state index in [-0.39, 0.29) is 23.9 Å². The molecule has 0 saturated carbocycles. The summed E-state index contributed by atoms with van der Waals surface area (Å²) in [6, 6.07) is 11.1. The van der Waals surface area contributed by atoms with Crippen LogP contribution >= 0.6 is 0 Å². The van der Waals surface area contributed by atoms with Crippen molar-refractivity contribution in [3.05, 3.63) is 83.7 Å². The molecule has 5 nitrogen and oxygen atoms in total. The fourth-order valence-corrected chi connectivity index (χ4v) is 2.79. The number of nitrogens with one attached hydrogen (secondary N) is 1. The molecule has 1 N–H and O–H groups in total. The zero-order valence-electron chi connectivity index (χ0n) is 15.0. The smallest absolute Gasteiger partial charge is 0.387 e. The number of amides is 1. The van der Waals surface area contributed by atoms with Crippen LogP contribution in [0.25, 0.3) is 0 Å². The molecule has 1 heterocycles. The topological polar surface area (TPSA) is 56.2 Å². The normalized spacial score (nSPS) is 12.0. The molecule has 1 amide bonds. The van der Waals surface area contributed by atoms with E-state index in [1.54, 1.807) is 48.3 Å². The minimum absolute atomic E-state index is 0.0244. The molecule has 1 unspecified atom stereocenters. The number of ether oxygens (including phenoxy) is 1. The number of benzene rings is 2. The first-order valence-corrected chi connectivity index (χ1v) is 8.48. The van der Waals surface area contributed by atoms with Crippen molar-refractivity contribution in [2.45, 2.75) is 19.1 Å². The van der Waals surface area contributed by atoms with Crippen molar-refractivity contribution in [3.8, 4) is 5.75 Å². The summed E-state index contributed by atoms with van der Waals surface area (Å²) >= 11 is 0. The van der Waals surface area contributed by atoms with Crippen LogP contribution in [0.15, 0.2) is 60.9 Å². The van der Waals surface area contributed by atoms with Crippen molar-refractivity contribution < 1.29 is 22.7 Å². The molecule has 28 heavy (non-hydrogen) atoms. The average Bonchev–Trinajstić information content (AvgIpc) is 3.07. The Hall–Kier alpha value is -3.29. The number of carbonyl (C=O) groups excluding carboxylic acids is 1. The van der Waals surface area contributed by atoms with Crippen LogP contribution < -0.4 is 10.1 Å². The highest BCUT2D eigenvalue weighted by atomic mass is 19.3. The number of hydrogen-bond acceptors (Lipinski definition) is 3. The highest BCUT2D eigenvalue weighted by Crippen LogP contribution is 2.21. The van der Waals surface area contributed by atoms with Gasteiger partial charge in [-0.1, -0.05) is 24.3 Å². The monoisotopic (exact) mass is 389 g/mol. The molecule has 146 valence electrons. The van der Waals surface area contributed by atoms with Crippen LogP contribution in [0.2, 0.25) is 0 Å². The largest absolute Gasteiger partial charge is 0.435 e. The molecule has 0 fully saturated rings. The van der Waals surface area contributed by atoms with Gasteiger partial charge in [-0.2, -0.15) is 8.78 Å². The number of hydrogen-bond donors (Lipinski definition) is 1. The maximum Gasteiger partial charge on any atom is 0.387 e. The van der Waals surface area contributed by atoms with Gasteiger partial charge in [0.25, 0.3) is 0 Å². The molecule has 2 aromatic carbocycles. The van der Waals surface area contributed by atoms with Crippen LogP contribution in [-0.2, 0) is 18.3 Å². The molecule has 1 atom stereocenters. The SMILES string of the molecule is Cn1ccnc1C(NC(=O)Cc1ccc(OC(F)F)cc1)c1ccc(F)cc1. The van der Waals surface area contributed by atoms with E-state index in [1.165, 1.54) is 24.3 Å². The molecule has 3 rings (SSSR count). The van der Waals surface area contributed by atoms with Crippen LogP contribution in [0.4, 0.5) is 13.2 Å². The van der Waals surface area contributed by atoms with Gasteiger partial charge in [0, 0.05) is 19.4 Å². The van der Waals surface area contributed by atoms with Crippen LogP contribution in [0.3, 0.4) is 0 Å². The second-order valence-electron chi connectivity index (χ2n) is 6.15. The molecule has 0 spiro atoms. The summed E-state index contributed by atoms with van der Waals surface area (Å²) in [5.74, 6) is -0.0448. The van der Waals surface area contributed by atoms with Gasteiger partial charge >= 0.3 is 6.61 Å². The lowest BCUT2D eigenvalue weighted by Crippen LogP contribution is -2.32. The van der Waals surface area contributed by atoms with E-state index in [0.29, 0.717) is 17.0 Å². The molecule has 3 aromatic rings. The Labute approximate surface area is 159 Å². The standard InChI is InChI=1S/C20H18F3N3O2/c1-26-11-10-24-19(26)18(14-4-6-15(21)7-5-14)25-17(27)12-13-2-8-16(9-3-13)28-20(22)23/h2-11,18,20H,12H2,1H3,(H,25,27). The van der Waals surface area contributed by atoms with Gasteiger partial charge in [-0.05, 0) is 35.4 Å². The molecule has 0 saturated heterocycles. The van der Waals surface area contributed by atoms with Gasteiger partial charge in [-0.15, -0.1) is 0 Å². The molecule has 1 aromatic heterocycles. The molecular formula is C20H18F3N3O2. The van der Waals surface area contributed by atoms with Crippen molar-refractivity contribution >= 4 is 5.91 Å². The van der Waals surface area contributed by atoms with E-state index < -0.39 is 12.7 Å². The van der Waals surface area contributed by atoms with E-state index >= 15 is 0 Å². The maximum atomic E-state index is 13.3. The number of nitrogens with zero attached hydrogens (tertiary/aromatic N) is 2. The van der Waals surface area contributed by atoms with Gasteiger partial charge in [-0.3, -0.25) is 4.79 Å². The summed E-state index contributed by atoms with van der Waals surface area (Å²) in [7, 11) is 1.80. The van der Waals surface area contributed by atoms with Crippen molar-refractivity contribution in [2.24, 2.45) is 7.05 Å². The van der Waals surface area contributed by atoms with Gasteiger partial charge < -0.3 is 14.6 Å². The Bertz CT molecular complexity index is 925. The molecule has 0 bridgehead atoms. The summed E-state index contributed by atoms with van der Waals surface area (Å²) in [5, 5.41) is 2.90. The van der Waals surface area contributed by atoms with E-state index in [4.69, 9.17) is 0 Å². The van der Waals surface area contributed by atoms with Crippen molar-refractivity contribution in [2.75, 3.05) is 0 Å². The predicted molar refractivity (Wildman–Crippen MR) is 96.4 cm³/mol. The number of rotatable bonds is 7. The first kappa shape index (κ1) is 19.5.